The van der Waals surface area contributed by atoms with Crippen LogP contribution in [0.25, 0.3) is 0 Å². The van der Waals surface area contributed by atoms with Crippen LogP contribution in [-0.2, 0) is 11.2 Å². The van der Waals surface area contributed by atoms with Gasteiger partial charge in [-0.05, 0) is 13.8 Å². The van der Waals surface area contributed by atoms with Crippen LogP contribution >= 0.6 is 0 Å². The molecule has 3 N–H and O–H groups in total. The summed E-state index contributed by atoms with van der Waals surface area (Å²) < 4.78 is 10.8. The zero-order valence-electron chi connectivity index (χ0n) is 10.6. The van der Waals surface area contributed by atoms with Crippen LogP contribution in [0, 0.1) is 6.92 Å². The van der Waals surface area contributed by atoms with Crippen molar-refractivity contribution < 1.29 is 9.47 Å². The average molecular weight is 240 g/mol. The van der Waals surface area contributed by atoms with E-state index >= 15 is 0 Å². The van der Waals surface area contributed by atoms with Crippen molar-refractivity contribution >= 4 is 5.82 Å². The number of ether oxygens (including phenoxy) is 2. The third-order valence-electron chi connectivity index (χ3n) is 2.27. The number of nitrogens with two attached hydrogens (primary N) is 1. The molecule has 0 aliphatic carbocycles. The molecule has 0 aliphatic rings. The highest BCUT2D eigenvalue weighted by Crippen LogP contribution is 2.21. The third-order valence-corrected chi connectivity index (χ3v) is 2.27. The van der Waals surface area contributed by atoms with E-state index < -0.39 is 0 Å². The topological polar surface area (TPSA) is 82.3 Å². The summed E-state index contributed by atoms with van der Waals surface area (Å²) in [4.78, 5) is 8.57. The first-order valence-corrected chi connectivity index (χ1v) is 5.77. The molecular formula is C11H20N4O2. The fourth-order valence-corrected chi connectivity index (χ4v) is 1.32. The monoisotopic (exact) mass is 240 g/mol. The minimum atomic E-state index is 0.471. The van der Waals surface area contributed by atoms with Crippen molar-refractivity contribution in [3.63, 3.8) is 0 Å². The SMILES string of the molecule is CCOCCOc1nc(CC)nc(NN)c1C. The highest BCUT2D eigenvalue weighted by Gasteiger charge is 2.10. The molecule has 0 atom stereocenters. The molecule has 0 bridgehead atoms. The molecule has 1 rings (SSSR count). The summed E-state index contributed by atoms with van der Waals surface area (Å²) in [7, 11) is 0. The number of aromatic nitrogens is 2. The van der Waals surface area contributed by atoms with E-state index in [0.29, 0.717) is 37.3 Å². The molecule has 1 heterocycles. The number of hydrazine groups is 1. The second kappa shape index (κ2) is 7.03. The second-order valence-electron chi connectivity index (χ2n) is 3.46. The Morgan fingerprint density at radius 3 is 2.59 bits per heavy atom. The fourth-order valence-electron chi connectivity index (χ4n) is 1.32. The Hall–Kier alpha value is -1.40. The van der Waals surface area contributed by atoms with E-state index in [1.54, 1.807) is 0 Å². The number of rotatable bonds is 7. The van der Waals surface area contributed by atoms with Gasteiger partial charge in [0.2, 0.25) is 5.88 Å². The smallest absolute Gasteiger partial charge is 0.221 e. The lowest BCUT2D eigenvalue weighted by atomic mass is 10.3. The quantitative estimate of drug-likeness (QED) is 0.421. The highest BCUT2D eigenvalue weighted by molar-refractivity contribution is 5.47. The number of nitrogens with zero attached hydrogens (tertiary/aromatic N) is 2. The van der Waals surface area contributed by atoms with Crippen LogP contribution in [0.2, 0.25) is 0 Å². The van der Waals surface area contributed by atoms with E-state index in [4.69, 9.17) is 15.3 Å². The van der Waals surface area contributed by atoms with Crippen LogP contribution in [0.4, 0.5) is 5.82 Å². The van der Waals surface area contributed by atoms with E-state index in [1.165, 1.54) is 0 Å². The lowest BCUT2D eigenvalue weighted by Crippen LogP contribution is -2.15. The molecule has 96 valence electrons. The number of anilines is 1. The summed E-state index contributed by atoms with van der Waals surface area (Å²) in [6, 6.07) is 0. The fraction of sp³-hybridized carbons (Fsp3) is 0.636. The van der Waals surface area contributed by atoms with E-state index in [-0.39, 0.29) is 0 Å². The molecule has 0 saturated heterocycles. The first-order chi connectivity index (χ1) is 8.22. The summed E-state index contributed by atoms with van der Waals surface area (Å²) in [5, 5.41) is 0. The zero-order valence-corrected chi connectivity index (χ0v) is 10.6. The molecule has 6 nitrogen and oxygen atoms in total. The van der Waals surface area contributed by atoms with Crippen LogP contribution in [0.1, 0.15) is 25.2 Å². The molecule has 1 aromatic rings. The van der Waals surface area contributed by atoms with Gasteiger partial charge in [0.05, 0.1) is 12.2 Å². The van der Waals surface area contributed by atoms with Gasteiger partial charge in [0.1, 0.15) is 18.2 Å². The van der Waals surface area contributed by atoms with Gasteiger partial charge in [-0.3, -0.25) is 0 Å². The first kappa shape index (κ1) is 13.7. The molecule has 0 fully saturated rings. The van der Waals surface area contributed by atoms with Crippen molar-refractivity contribution in [2.45, 2.75) is 27.2 Å². The maximum atomic E-state index is 5.55. The molecule has 0 saturated carbocycles. The van der Waals surface area contributed by atoms with Gasteiger partial charge in [0.15, 0.2) is 0 Å². The Balaban J connectivity index is 2.75. The van der Waals surface area contributed by atoms with Crippen molar-refractivity contribution in [2.75, 3.05) is 25.2 Å². The maximum absolute atomic E-state index is 5.55. The molecule has 6 heteroatoms. The Kier molecular flexibility index (Phi) is 5.65. The van der Waals surface area contributed by atoms with Gasteiger partial charge < -0.3 is 14.9 Å². The predicted molar refractivity (Wildman–Crippen MR) is 65.9 cm³/mol. The van der Waals surface area contributed by atoms with Crippen molar-refractivity contribution in [3.05, 3.63) is 11.4 Å². The first-order valence-electron chi connectivity index (χ1n) is 5.77. The lowest BCUT2D eigenvalue weighted by Gasteiger charge is -2.12. The van der Waals surface area contributed by atoms with Crippen LogP contribution in [0.3, 0.4) is 0 Å². The minimum Gasteiger partial charge on any atom is -0.475 e. The molecule has 0 radical (unpaired) electrons. The van der Waals surface area contributed by atoms with E-state index in [9.17, 15) is 0 Å². The summed E-state index contributed by atoms with van der Waals surface area (Å²) in [6.07, 6.45) is 0.733. The van der Waals surface area contributed by atoms with Crippen LogP contribution in [0.15, 0.2) is 0 Å². The average Bonchev–Trinajstić information content (AvgIpc) is 2.36. The van der Waals surface area contributed by atoms with Gasteiger partial charge >= 0.3 is 0 Å². The Morgan fingerprint density at radius 2 is 2.00 bits per heavy atom. The van der Waals surface area contributed by atoms with Gasteiger partial charge in [-0.15, -0.1) is 0 Å². The summed E-state index contributed by atoms with van der Waals surface area (Å²) in [5.41, 5.74) is 3.36. The third kappa shape index (κ3) is 3.83. The minimum absolute atomic E-state index is 0.471. The molecular weight excluding hydrogens is 220 g/mol. The van der Waals surface area contributed by atoms with Gasteiger partial charge in [-0.25, -0.2) is 10.8 Å². The molecule has 0 unspecified atom stereocenters. The Morgan fingerprint density at radius 1 is 1.24 bits per heavy atom. The van der Waals surface area contributed by atoms with Crippen molar-refractivity contribution in [3.8, 4) is 5.88 Å². The van der Waals surface area contributed by atoms with Gasteiger partial charge in [-0.1, -0.05) is 6.92 Å². The number of nitrogen functional groups attached to an aromatic ring is 1. The number of hydrogen-bond acceptors (Lipinski definition) is 6. The Labute approximate surface area is 102 Å². The largest absolute Gasteiger partial charge is 0.475 e. The summed E-state index contributed by atoms with van der Waals surface area (Å²) in [6.45, 7) is 7.49. The zero-order chi connectivity index (χ0) is 12.7. The maximum Gasteiger partial charge on any atom is 0.221 e. The number of hydrogen-bond donors (Lipinski definition) is 2. The van der Waals surface area contributed by atoms with Crippen molar-refractivity contribution in [2.24, 2.45) is 5.84 Å². The lowest BCUT2D eigenvalue weighted by molar-refractivity contribution is 0.108. The summed E-state index contributed by atoms with van der Waals surface area (Å²) >= 11 is 0. The van der Waals surface area contributed by atoms with Gasteiger partial charge in [0.25, 0.3) is 0 Å². The summed E-state index contributed by atoms with van der Waals surface area (Å²) in [5.74, 6) is 7.26. The van der Waals surface area contributed by atoms with Gasteiger partial charge in [-0.2, -0.15) is 4.98 Å². The normalized spacial score (nSPS) is 10.4. The van der Waals surface area contributed by atoms with E-state index in [2.05, 4.69) is 15.4 Å². The molecule has 0 aromatic carbocycles. The number of aryl methyl sites for hydroxylation is 1. The van der Waals surface area contributed by atoms with Crippen molar-refractivity contribution in [1.29, 1.82) is 0 Å². The molecule has 0 spiro atoms. The standard InChI is InChI=1S/C11H20N4O2/c1-4-9-13-10(15-12)8(3)11(14-9)17-7-6-16-5-2/h4-7,12H2,1-3H3,(H,13,14,15). The predicted octanol–water partition coefficient (Wildman–Crippen LogP) is 1.05. The second-order valence-corrected chi connectivity index (χ2v) is 3.46. The number of nitrogens with one attached hydrogen (secondary N) is 1. The van der Waals surface area contributed by atoms with E-state index in [1.807, 2.05) is 20.8 Å². The molecule has 1 aromatic heterocycles. The van der Waals surface area contributed by atoms with Crippen LogP contribution in [-0.4, -0.2) is 29.8 Å². The van der Waals surface area contributed by atoms with Crippen LogP contribution < -0.4 is 16.0 Å². The van der Waals surface area contributed by atoms with Gasteiger partial charge in [0, 0.05) is 13.0 Å². The molecule has 17 heavy (non-hydrogen) atoms. The highest BCUT2D eigenvalue weighted by atomic mass is 16.5. The van der Waals surface area contributed by atoms with Crippen molar-refractivity contribution in [1.82, 2.24) is 9.97 Å². The Bertz CT molecular complexity index is 358. The van der Waals surface area contributed by atoms with E-state index in [0.717, 1.165) is 12.0 Å². The molecule has 0 aliphatic heterocycles. The van der Waals surface area contributed by atoms with Crippen LogP contribution in [0.5, 0.6) is 5.88 Å². The molecule has 0 amide bonds.